The van der Waals surface area contributed by atoms with E-state index in [1.54, 1.807) is 25.0 Å². The summed E-state index contributed by atoms with van der Waals surface area (Å²) in [6.45, 7) is 1.34. The average molecular weight is 319 g/mol. The fourth-order valence-corrected chi connectivity index (χ4v) is 3.38. The molecule has 0 bridgehead atoms. The van der Waals surface area contributed by atoms with Crippen LogP contribution in [0.2, 0.25) is 0 Å². The summed E-state index contributed by atoms with van der Waals surface area (Å²) >= 11 is 0. The van der Waals surface area contributed by atoms with Gasteiger partial charge in [-0.1, -0.05) is 24.5 Å². The Bertz CT molecular complexity index is 571. The summed E-state index contributed by atoms with van der Waals surface area (Å²) in [5.74, 6) is 0.685. The Labute approximate surface area is 136 Å². The van der Waals surface area contributed by atoms with Gasteiger partial charge in [0.15, 0.2) is 5.69 Å². The summed E-state index contributed by atoms with van der Waals surface area (Å²) in [6, 6.07) is 0.140. The first-order valence-electron chi connectivity index (χ1n) is 8.46. The number of rotatable bonds is 4. The first-order chi connectivity index (χ1) is 11.0. The van der Waals surface area contributed by atoms with Crippen molar-refractivity contribution in [2.45, 2.75) is 44.6 Å². The Balaban J connectivity index is 1.48. The molecule has 7 nitrogen and oxygen atoms in total. The van der Waals surface area contributed by atoms with Crippen molar-refractivity contribution in [2.75, 3.05) is 27.2 Å². The molecule has 0 spiro atoms. The molecule has 1 aromatic rings. The highest BCUT2D eigenvalue weighted by atomic mass is 16.2. The molecule has 2 amide bonds. The second-order valence-corrected chi connectivity index (χ2v) is 6.94. The number of nitrogens with zero attached hydrogens (tertiary/aromatic N) is 5. The molecule has 126 valence electrons. The predicted molar refractivity (Wildman–Crippen MR) is 84.8 cm³/mol. The van der Waals surface area contributed by atoms with Gasteiger partial charge >= 0.3 is 0 Å². The Kier molecular flexibility index (Phi) is 4.63. The maximum atomic E-state index is 12.3. The maximum absolute atomic E-state index is 12.3. The lowest BCUT2D eigenvalue weighted by Gasteiger charge is -2.39. The molecule has 2 aliphatic rings. The van der Waals surface area contributed by atoms with E-state index in [2.05, 4.69) is 10.3 Å². The summed E-state index contributed by atoms with van der Waals surface area (Å²) < 4.78 is 1.71. The molecule has 23 heavy (non-hydrogen) atoms. The van der Waals surface area contributed by atoms with Crippen LogP contribution < -0.4 is 0 Å². The van der Waals surface area contributed by atoms with Gasteiger partial charge in [0, 0.05) is 33.6 Å². The van der Waals surface area contributed by atoms with Crippen LogP contribution in [0, 0.1) is 5.92 Å². The van der Waals surface area contributed by atoms with Crippen LogP contribution in [-0.2, 0) is 4.79 Å². The van der Waals surface area contributed by atoms with E-state index >= 15 is 0 Å². The Morgan fingerprint density at radius 1 is 1.22 bits per heavy atom. The monoisotopic (exact) mass is 319 g/mol. The van der Waals surface area contributed by atoms with E-state index in [0.717, 1.165) is 0 Å². The Morgan fingerprint density at radius 2 is 1.91 bits per heavy atom. The third-order valence-corrected chi connectivity index (χ3v) is 4.91. The molecular weight excluding hydrogens is 294 g/mol. The largest absolute Gasteiger partial charge is 0.343 e. The fraction of sp³-hybridized carbons (Fsp3) is 0.750. The van der Waals surface area contributed by atoms with Crippen molar-refractivity contribution in [1.29, 1.82) is 0 Å². The topological polar surface area (TPSA) is 71.3 Å². The summed E-state index contributed by atoms with van der Waals surface area (Å²) in [7, 11) is 3.38. The summed E-state index contributed by atoms with van der Waals surface area (Å²) in [5.41, 5.74) is 0.349. The molecule has 0 unspecified atom stereocenters. The number of carbonyl (C=O) groups is 2. The van der Waals surface area contributed by atoms with Crippen LogP contribution in [0.4, 0.5) is 0 Å². The van der Waals surface area contributed by atoms with Crippen LogP contribution in [0.3, 0.4) is 0 Å². The molecule has 3 rings (SSSR count). The first-order valence-corrected chi connectivity index (χ1v) is 8.46. The van der Waals surface area contributed by atoms with Crippen LogP contribution in [0.5, 0.6) is 0 Å². The van der Waals surface area contributed by atoms with Gasteiger partial charge in [-0.15, -0.1) is 5.10 Å². The van der Waals surface area contributed by atoms with Crippen molar-refractivity contribution in [2.24, 2.45) is 5.92 Å². The van der Waals surface area contributed by atoms with Crippen LogP contribution >= 0.6 is 0 Å². The number of hydrogen-bond donors (Lipinski definition) is 0. The smallest absolute Gasteiger partial charge is 0.275 e. The Hall–Kier alpha value is -1.92. The van der Waals surface area contributed by atoms with E-state index in [9.17, 15) is 9.59 Å². The number of likely N-dealkylation sites (tertiary alicyclic amines) is 1. The van der Waals surface area contributed by atoms with E-state index in [-0.39, 0.29) is 17.9 Å². The number of amides is 2. The minimum atomic E-state index is -0.152. The van der Waals surface area contributed by atoms with E-state index in [4.69, 9.17) is 0 Å². The van der Waals surface area contributed by atoms with E-state index in [1.807, 2.05) is 4.90 Å². The molecule has 0 N–H and O–H groups in total. The SMILES string of the molecule is CN(C)C(=O)c1cn(C2CN(C(=O)CC3CCCCC3)C2)nn1. The van der Waals surface area contributed by atoms with E-state index in [1.165, 1.54) is 37.0 Å². The summed E-state index contributed by atoms with van der Waals surface area (Å²) in [6.07, 6.45) is 8.61. The molecule has 1 aliphatic heterocycles. The molecule has 7 heteroatoms. The lowest BCUT2D eigenvalue weighted by Crippen LogP contribution is -2.51. The lowest BCUT2D eigenvalue weighted by atomic mass is 9.86. The molecule has 2 heterocycles. The quantitative estimate of drug-likeness (QED) is 0.839. The van der Waals surface area contributed by atoms with Crippen molar-refractivity contribution in [1.82, 2.24) is 24.8 Å². The highest BCUT2D eigenvalue weighted by Gasteiger charge is 2.34. The van der Waals surface area contributed by atoms with Gasteiger partial charge in [-0.05, 0) is 18.8 Å². The molecular formula is C16H25N5O2. The van der Waals surface area contributed by atoms with Crippen LogP contribution in [0.1, 0.15) is 55.1 Å². The van der Waals surface area contributed by atoms with Gasteiger partial charge in [0.2, 0.25) is 5.91 Å². The predicted octanol–water partition coefficient (Wildman–Crippen LogP) is 1.33. The highest BCUT2D eigenvalue weighted by Crippen LogP contribution is 2.29. The van der Waals surface area contributed by atoms with E-state index in [0.29, 0.717) is 31.1 Å². The molecule has 2 fully saturated rings. The van der Waals surface area contributed by atoms with Crippen molar-refractivity contribution in [3.8, 4) is 0 Å². The van der Waals surface area contributed by atoms with Gasteiger partial charge in [-0.25, -0.2) is 4.68 Å². The zero-order valence-electron chi connectivity index (χ0n) is 13.9. The van der Waals surface area contributed by atoms with Crippen molar-refractivity contribution >= 4 is 11.8 Å². The Morgan fingerprint density at radius 3 is 2.57 bits per heavy atom. The summed E-state index contributed by atoms with van der Waals surface area (Å²) in [4.78, 5) is 27.5. The first kappa shape index (κ1) is 16.0. The number of hydrogen-bond acceptors (Lipinski definition) is 4. The molecule has 0 radical (unpaired) electrons. The molecule has 0 aromatic carbocycles. The van der Waals surface area contributed by atoms with Crippen molar-refractivity contribution in [3.63, 3.8) is 0 Å². The third-order valence-electron chi connectivity index (χ3n) is 4.91. The van der Waals surface area contributed by atoms with Gasteiger partial charge in [0.1, 0.15) is 0 Å². The molecule has 1 aromatic heterocycles. The maximum Gasteiger partial charge on any atom is 0.275 e. The number of carbonyl (C=O) groups excluding carboxylic acids is 2. The van der Waals surface area contributed by atoms with Gasteiger partial charge in [0.25, 0.3) is 5.91 Å². The molecule has 1 aliphatic carbocycles. The normalized spacial score (nSPS) is 19.5. The van der Waals surface area contributed by atoms with Gasteiger partial charge in [0.05, 0.1) is 12.2 Å². The van der Waals surface area contributed by atoms with Crippen LogP contribution in [0.15, 0.2) is 6.20 Å². The van der Waals surface area contributed by atoms with Crippen LogP contribution in [0.25, 0.3) is 0 Å². The molecule has 1 saturated heterocycles. The van der Waals surface area contributed by atoms with Gasteiger partial charge in [-0.2, -0.15) is 0 Å². The zero-order chi connectivity index (χ0) is 16.4. The second kappa shape index (κ2) is 6.68. The lowest BCUT2D eigenvalue weighted by molar-refractivity contribution is -0.138. The van der Waals surface area contributed by atoms with Crippen LogP contribution in [-0.4, -0.2) is 63.8 Å². The highest BCUT2D eigenvalue weighted by molar-refractivity contribution is 5.91. The number of aromatic nitrogens is 3. The average Bonchev–Trinajstić information content (AvgIpc) is 2.95. The fourth-order valence-electron chi connectivity index (χ4n) is 3.38. The van der Waals surface area contributed by atoms with Gasteiger partial charge < -0.3 is 9.80 Å². The minimum absolute atomic E-state index is 0.140. The van der Waals surface area contributed by atoms with Crippen molar-refractivity contribution in [3.05, 3.63) is 11.9 Å². The minimum Gasteiger partial charge on any atom is -0.343 e. The standard InChI is InChI=1S/C16H25N5O2/c1-19(2)16(23)14-11-21(18-17-14)13-9-20(10-13)15(22)8-12-6-4-3-5-7-12/h11-13H,3-10H2,1-2H3. The summed E-state index contributed by atoms with van der Waals surface area (Å²) in [5, 5.41) is 7.95. The van der Waals surface area contributed by atoms with E-state index < -0.39 is 0 Å². The molecule has 1 saturated carbocycles. The second-order valence-electron chi connectivity index (χ2n) is 6.94. The zero-order valence-corrected chi connectivity index (χ0v) is 13.9. The van der Waals surface area contributed by atoms with Crippen molar-refractivity contribution < 1.29 is 9.59 Å². The third kappa shape index (κ3) is 3.54. The van der Waals surface area contributed by atoms with Gasteiger partial charge in [-0.3, -0.25) is 9.59 Å². The molecule has 0 atom stereocenters.